The monoisotopic (exact) mass is 256 g/mol. The van der Waals surface area contributed by atoms with Crippen molar-refractivity contribution in [2.24, 2.45) is 0 Å². The number of carbonyl (C=O) groups excluding carboxylic acids is 1. The minimum atomic E-state index is 0.0209. The van der Waals surface area contributed by atoms with E-state index in [2.05, 4.69) is 6.92 Å². The molecule has 2 rings (SSSR count). The second-order valence-electron chi connectivity index (χ2n) is 4.67. The minimum Gasteiger partial charge on any atom is -0.398 e. The topological polar surface area (TPSA) is 46.3 Å². The molecule has 3 heteroatoms. The third-order valence-corrected chi connectivity index (χ3v) is 3.31. The van der Waals surface area contributed by atoms with Crippen molar-refractivity contribution in [3.05, 3.63) is 42.0 Å². The van der Waals surface area contributed by atoms with E-state index >= 15 is 0 Å². The van der Waals surface area contributed by atoms with Crippen LogP contribution in [0.3, 0.4) is 0 Å². The zero-order valence-electron chi connectivity index (χ0n) is 11.5. The van der Waals surface area contributed by atoms with Gasteiger partial charge in [0.2, 0.25) is 0 Å². The van der Waals surface area contributed by atoms with Crippen molar-refractivity contribution in [2.45, 2.75) is 20.3 Å². The van der Waals surface area contributed by atoms with Crippen LogP contribution < -0.4 is 5.73 Å². The van der Waals surface area contributed by atoms with Gasteiger partial charge in [0.25, 0.3) is 5.91 Å². The highest BCUT2D eigenvalue weighted by atomic mass is 16.2. The molecule has 0 saturated heterocycles. The van der Waals surface area contributed by atoms with Gasteiger partial charge in [-0.1, -0.05) is 31.2 Å². The first kappa shape index (κ1) is 13.4. The Kier molecular flexibility index (Phi) is 4.05. The molecule has 2 aromatic carbocycles. The van der Waals surface area contributed by atoms with Gasteiger partial charge in [-0.15, -0.1) is 0 Å². The van der Waals surface area contributed by atoms with Crippen LogP contribution in [0, 0.1) is 0 Å². The number of hydrogen-bond donors (Lipinski definition) is 1. The summed E-state index contributed by atoms with van der Waals surface area (Å²) in [4.78, 5) is 14.3. The fourth-order valence-corrected chi connectivity index (χ4v) is 2.29. The number of amides is 1. The second-order valence-corrected chi connectivity index (χ2v) is 4.67. The lowest BCUT2D eigenvalue weighted by atomic mass is 10.0. The lowest BCUT2D eigenvalue weighted by Gasteiger charge is -2.21. The van der Waals surface area contributed by atoms with E-state index in [4.69, 9.17) is 5.73 Å². The zero-order valence-corrected chi connectivity index (χ0v) is 11.5. The van der Waals surface area contributed by atoms with Crippen molar-refractivity contribution in [1.29, 1.82) is 0 Å². The quantitative estimate of drug-likeness (QED) is 0.853. The van der Waals surface area contributed by atoms with Crippen molar-refractivity contribution in [3.63, 3.8) is 0 Å². The Morgan fingerprint density at radius 1 is 1.16 bits per heavy atom. The zero-order chi connectivity index (χ0) is 13.8. The third-order valence-electron chi connectivity index (χ3n) is 3.31. The van der Waals surface area contributed by atoms with Gasteiger partial charge in [-0.2, -0.15) is 0 Å². The van der Waals surface area contributed by atoms with Gasteiger partial charge in [-0.05, 0) is 36.2 Å². The summed E-state index contributed by atoms with van der Waals surface area (Å²) in [5.41, 5.74) is 7.19. The molecule has 0 fully saturated rings. The van der Waals surface area contributed by atoms with Crippen molar-refractivity contribution < 1.29 is 4.79 Å². The molecule has 100 valence electrons. The van der Waals surface area contributed by atoms with Gasteiger partial charge in [0.15, 0.2) is 0 Å². The van der Waals surface area contributed by atoms with E-state index < -0.39 is 0 Å². The molecule has 0 saturated carbocycles. The van der Waals surface area contributed by atoms with Crippen LogP contribution in [0.4, 0.5) is 5.69 Å². The Morgan fingerprint density at radius 3 is 2.37 bits per heavy atom. The van der Waals surface area contributed by atoms with E-state index in [0.29, 0.717) is 17.8 Å². The number of rotatable bonds is 4. The molecule has 0 atom stereocenters. The summed E-state index contributed by atoms with van der Waals surface area (Å²) in [7, 11) is 0. The summed E-state index contributed by atoms with van der Waals surface area (Å²) >= 11 is 0. The SMILES string of the molecule is CCCN(CC)C(=O)c1cc2ccccc2cc1N. The predicted molar refractivity (Wildman–Crippen MR) is 80.2 cm³/mol. The number of anilines is 1. The molecule has 2 N–H and O–H groups in total. The molecule has 0 bridgehead atoms. The highest BCUT2D eigenvalue weighted by Gasteiger charge is 2.16. The Bertz CT molecular complexity index is 592. The second kappa shape index (κ2) is 5.74. The molecule has 0 aliphatic heterocycles. The normalized spacial score (nSPS) is 10.6. The molecule has 0 spiro atoms. The van der Waals surface area contributed by atoms with E-state index in [1.54, 1.807) is 0 Å². The summed E-state index contributed by atoms with van der Waals surface area (Å²) in [6, 6.07) is 11.7. The van der Waals surface area contributed by atoms with Gasteiger partial charge in [-0.3, -0.25) is 4.79 Å². The van der Waals surface area contributed by atoms with Crippen molar-refractivity contribution >= 4 is 22.4 Å². The lowest BCUT2D eigenvalue weighted by molar-refractivity contribution is 0.0765. The number of nitrogen functional groups attached to an aromatic ring is 1. The number of hydrogen-bond acceptors (Lipinski definition) is 2. The van der Waals surface area contributed by atoms with Gasteiger partial charge in [-0.25, -0.2) is 0 Å². The smallest absolute Gasteiger partial charge is 0.255 e. The maximum atomic E-state index is 12.5. The molecular formula is C16H20N2O. The van der Waals surface area contributed by atoms with Gasteiger partial charge in [0.05, 0.1) is 5.56 Å². The largest absolute Gasteiger partial charge is 0.398 e. The maximum Gasteiger partial charge on any atom is 0.255 e. The van der Waals surface area contributed by atoms with Crippen LogP contribution in [-0.4, -0.2) is 23.9 Å². The molecular weight excluding hydrogens is 236 g/mol. The first-order valence-corrected chi connectivity index (χ1v) is 6.75. The standard InChI is InChI=1S/C16H20N2O/c1-3-9-18(4-2)16(19)14-10-12-7-5-6-8-13(12)11-15(14)17/h5-8,10-11H,3-4,9,17H2,1-2H3. The van der Waals surface area contributed by atoms with E-state index in [1.165, 1.54) is 0 Å². The van der Waals surface area contributed by atoms with E-state index in [9.17, 15) is 4.79 Å². The third kappa shape index (κ3) is 2.70. The van der Waals surface area contributed by atoms with Gasteiger partial charge in [0, 0.05) is 18.8 Å². The molecule has 0 aromatic heterocycles. The van der Waals surface area contributed by atoms with Gasteiger partial charge < -0.3 is 10.6 Å². The van der Waals surface area contributed by atoms with Gasteiger partial charge in [0.1, 0.15) is 0 Å². The van der Waals surface area contributed by atoms with E-state index in [1.807, 2.05) is 48.2 Å². The number of benzene rings is 2. The number of nitrogens with two attached hydrogens (primary N) is 1. The predicted octanol–water partition coefficient (Wildman–Crippen LogP) is 3.29. The lowest BCUT2D eigenvalue weighted by Crippen LogP contribution is -2.32. The van der Waals surface area contributed by atoms with E-state index in [-0.39, 0.29) is 5.91 Å². The first-order valence-electron chi connectivity index (χ1n) is 6.75. The Morgan fingerprint density at radius 2 is 1.79 bits per heavy atom. The van der Waals surface area contributed by atoms with Crippen molar-refractivity contribution in [1.82, 2.24) is 4.90 Å². The van der Waals surface area contributed by atoms with Crippen LogP contribution >= 0.6 is 0 Å². The molecule has 1 amide bonds. The maximum absolute atomic E-state index is 12.5. The molecule has 0 aliphatic carbocycles. The fourth-order valence-electron chi connectivity index (χ4n) is 2.29. The first-order chi connectivity index (χ1) is 9.17. The molecule has 19 heavy (non-hydrogen) atoms. The Labute approximate surface area is 114 Å². The molecule has 3 nitrogen and oxygen atoms in total. The van der Waals surface area contributed by atoms with Crippen LogP contribution in [0.5, 0.6) is 0 Å². The van der Waals surface area contributed by atoms with Crippen LogP contribution in [0.2, 0.25) is 0 Å². The van der Waals surface area contributed by atoms with Crippen molar-refractivity contribution in [3.8, 4) is 0 Å². The Hall–Kier alpha value is -2.03. The van der Waals surface area contributed by atoms with Crippen molar-refractivity contribution in [2.75, 3.05) is 18.8 Å². The highest BCUT2D eigenvalue weighted by molar-refractivity contribution is 6.03. The summed E-state index contributed by atoms with van der Waals surface area (Å²) in [5, 5.41) is 2.11. The van der Waals surface area contributed by atoms with Crippen LogP contribution in [0.1, 0.15) is 30.6 Å². The molecule has 0 unspecified atom stereocenters. The van der Waals surface area contributed by atoms with Gasteiger partial charge >= 0.3 is 0 Å². The average molecular weight is 256 g/mol. The number of nitrogens with zero attached hydrogens (tertiary/aromatic N) is 1. The average Bonchev–Trinajstić information content (AvgIpc) is 2.43. The molecule has 0 aliphatic rings. The van der Waals surface area contributed by atoms with E-state index in [0.717, 1.165) is 23.7 Å². The molecule has 2 aromatic rings. The van der Waals surface area contributed by atoms with Crippen LogP contribution in [0.25, 0.3) is 10.8 Å². The summed E-state index contributed by atoms with van der Waals surface area (Å²) in [6.45, 7) is 5.53. The highest BCUT2D eigenvalue weighted by Crippen LogP contribution is 2.23. The van der Waals surface area contributed by atoms with Crippen LogP contribution in [0.15, 0.2) is 36.4 Å². The molecule has 0 radical (unpaired) electrons. The summed E-state index contributed by atoms with van der Waals surface area (Å²) in [6.07, 6.45) is 0.951. The summed E-state index contributed by atoms with van der Waals surface area (Å²) < 4.78 is 0. The summed E-state index contributed by atoms with van der Waals surface area (Å²) in [5.74, 6) is 0.0209. The fraction of sp³-hybridized carbons (Fsp3) is 0.312. The molecule has 0 heterocycles. The minimum absolute atomic E-state index is 0.0209. The van der Waals surface area contributed by atoms with Crippen LogP contribution in [-0.2, 0) is 0 Å². The number of fused-ring (bicyclic) bond motifs is 1. The number of carbonyl (C=O) groups is 1. The Balaban J connectivity index is 2.43.